The van der Waals surface area contributed by atoms with Gasteiger partial charge >= 0.3 is 11.9 Å². The number of halogens is 3. The lowest BCUT2D eigenvalue weighted by atomic mass is 10.2. The van der Waals surface area contributed by atoms with E-state index in [-0.39, 0.29) is 18.6 Å². The summed E-state index contributed by atoms with van der Waals surface area (Å²) in [5.41, 5.74) is 0.261. The van der Waals surface area contributed by atoms with Crippen molar-refractivity contribution in [2.45, 2.75) is 6.42 Å². The van der Waals surface area contributed by atoms with Gasteiger partial charge in [0.15, 0.2) is 0 Å². The van der Waals surface area contributed by atoms with Gasteiger partial charge in [-0.05, 0) is 44.0 Å². The van der Waals surface area contributed by atoms with E-state index in [1.807, 2.05) is 0 Å². The first-order valence-electron chi connectivity index (χ1n) is 6.01. The molecule has 0 aliphatic rings. The first-order valence-corrected chi connectivity index (χ1v) is 9.96. The average molecular weight is 538 g/mol. The van der Waals surface area contributed by atoms with Crippen molar-refractivity contribution in [2.75, 3.05) is 19.0 Å². The number of benzene rings is 1. The average Bonchev–Trinajstić information content (AvgIpc) is 2.41. The molecule has 0 saturated heterocycles. The highest BCUT2D eigenvalue weighted by atomic mass is 79.9. The molecule has 1 aromatic rings. The molecule has 7 nitrogen and oxygen atoms in total. The number of ether oxygens (including phenoxy) is 2. The molecule has 0 fully saturated rings. The topological polar surface area (TPSA) is 110 Å². The summed E-state index contributed by atoms with van der Waals surface area (Å²) in [5, 5.41) is 0. The quantitative estimate of drug-likeness (QED) is 0.299. The molecule has 128 valence electrons. The van der Waals surface area contributed by atoms with Crippen molar-refractivity contribution in [2.24, 2.45) is 0 Å². The normalized spacial score (nSPS) is 11.1. The van der Waals surface area contributed by atoms with Crippen LogP contribution in [0.15, 0.2) is 25.6 Å². The molecule has 0 aliphatic heterocycles. The standard InChI is InChI=1S/C12H11Br3O7S/c13-7-5-8(11(15)9(14)6-7)12(17)22-2-1-10(16)21-3-4-23(18,19)20/h5-6H,1-4H2,(H,18,19,20)/p-1. The summed E-state index contributed by atoms with van der Waals surface area (Å²) in [4.78, 5) is 23.2. The van der Waals surface area contributed by atoms with Gasteiger partial charge in [-0.25, -0.2) is 13.2 Å². The van der Waals surface area contributed by atoms with Crippen LogP contribution in [0.5, 0.6) is 0 Å². The second-order valence-corrected chi connectivity index (χ2v) is 8.20. The highest BCUT2D eigenvalue weighted by Crippen LogP contribution is 2.31. The van der Waals surface area contributed by atoms with Gasteiger partial charge in [-0.2, -0.15) is 0 Å². The van der Waals surface area contributed by atoms with Crippen molar-refractivity contribution < 1.29 is 32.0 Å². The third-order valence-corrected chi connectivity index (χ3v) is 5.48. The Morgan fingerprint density at radius 1 is 1.09 bits per heavy atom. The molecule has 23 heavy (non-hydrogen) atoms. The Morgan fingerprint density at radius 2 is 1.74 bits per heavy atom. The monoisotopic (exact) mass is 535 g/mol. The number of hydrogen-bond acceptors (Lipinski definition) is 7. The lowest BCUT2D eigenvalue weighted by molar-refractivity contribution is -0.143. The van der Waals surface area contributed by atoms with E-state index in [0.29, 0.717) is 13.4 Å². The minimum Gasteiger partial charge on any atom is -0.748 e. The SMILES string of the molecule is O=C(CCOC(=O)c1cc(Br)cc(Br)c1Br)OCCS(=O)(=O)[O-]. The second-order valence-electron chi connectivity index (χ2n) is 4.12. The molecule has 0 amide bonds. The highest BCUT2D eigenvalue weighted by molar-refractivity contribution is 9.13. The van der Waals surface area contributed by atoms with Crippen LogP contribution < -0.4 is 0 Å². The number of esters is 2. The summed E-state index contributed by atoms with van der Waals surface area (Å²) in [7, 11) is -4.43. The zero-order valence-electron chi connectivity index (χ0n) is 11.4. The smallest absolute Gasteiger partial charge is 0.339 e. The zero-order valence-corrected chi connectivity index (χ0v) is 17.0. The fraction of sp³-hybridized carbons (Fsp3) is 0.333. The Labute approximate surface area is 157 Å². The van der Waals surface area contributed by atoms with Gasteiger partial charge in [0.05, 0.1) is 27.9 Å². The summed E-state index contributed by atoms with van der Waals surface area (Å²) in [6, 6.07) is 3.29. The molecule has 0 bridgehead atoms. The molecule has 0 saturated carbocycles. The molecule has 11 heteroatoms. The molecular formula is C12H10Br3O7S-. The van der Waals surface area contributed by atoms with E-state index in [1.165, 1.54) is 0 Å². The molecule has 0 unspecified atom stereocenters. The van der Waals surface area contributed by atoms with Crippen LogP contribution in [-0.2, 0) is 24.4 Å². The fourth-order valence-electron chi connectivity index (χ4n) is 1.34. The molecule has 0 heterocycles. The summed E-state index contributed by atoms with van der Waals surface area (Å²) < 4.78 is 42.3. The van der Waals surface area contributed by atoms with Crippen molar-refractivity contribution >= 4 is 69.8 Å². The molecule has 0 aliphatic carbocycles. The Bertz CT molecular complexity index is 703. The molecule has 0 spiro atoms. The van der Waals surface area contributed by atoms with Gasteiger partial charge in [-0.1, -0.05) is 15.9 Å². The maximum Gasteiger partial charge on any atom is 0.339 e. The van der Waals surface area contributed by atoms with Crippen LogP contribution >= 0.6 is 47.8 Å². The Morgan fingerprint density at radius 3 is 2.35 bits per heavy atom. The number of hydrogen-bond donors (Lipinski definition) is 0. The zero-order chi connectivity index (χ0) is 17.6. The molecule has 1 rings (SSSR count). The third-order valence-electron chi connectivity index (χ3n) is 2.35. The van der Waals surface area contributed by atoms with E-state index in [4.69, 9.17) is 4.74 Å². The largest absolute Gasteiger partial charge is 0.748 e. The number of rotatable bonds is 7. The summed E-state index contributed by atoms with van der Waals surface area (Å²) >= 11 is 9.75. The van der Waals surface area contributed by atoms with Crippen LogP contribution in [0.1, 0.15) is 16.8 Å². The van der Waals surface area contributed by atoms with Gasteiger partial charge in [0.1, 0.15) is 13.2 Å². The molecule has 1 aromatic carbocycles. The van der Waals surface area contributed by atoms with Crippen molar-refractivity contribution in [1.29, 1.82) is 0 Å². The molecular weight excluding hydrogens is 528 g/mol. The van der Waals surface area contributed by atoms with Crippen LogP contribution in [0.4, 0.5) is 0 Å². The predicted molar refractivity (Wildman–Crippen MR) is 90.0 cm³/mol. The minimum absolute atomic E-state index is 0.238. The summed E-state index contributed by atoms with van der Waals surface area (Å²) in [6.07, 6.45) is -0.253. The van der Waals surface area contributed by atoms with E-state index in [0.717, 1.165) is 0 Å². The first kappa shape index (κ1) is 20.6. The summed E-state index contributed by atoms with van der Waals surface area (Å²) in [5.74, 6) is -2.21. The molecule has 0 radical (unpaired) electrons. The highest BCUT2D eigenvalue weighted by Gasteiger charge is 2.16. The minimum atomic E-state index is -4.43. The second kappa shape index (κ2) is 9.11. The fourth-order valence-corrected chi connectivity index (χ4v) is 3.24. The lowest BCUT2D eigenvalue weighted by Gasteiger charge is -2.09. The lowest BCUT2D eigenvalue weighted by Crippen LogP contribution is -2.17. The van der Waals surface area contributed by atoms with E-state index in [1.54, 1.807) is 12.1 Å². The van der Waals surface area contributed by atoms with Gasteiger partial charge in [0.25, 0.3) is 0 Å². The van der Waals surface area contributed by atoms with Crippen molar-refractivity contribution in [3.8, 4) is 0 Å². The van der Waals surface area contributed by atoms with Crippen LogP contribution in [0.25, 0.3) is 0 Å². The molecule has 0 atom stereocenters. The van der Waals surface area contributed by atoms with Crippen LogP contribution in [-0.4, -0.2) is 43.9 Å². The van der Waals surface area contributed by atoms with Gasteiger partial charge in [-0.3, -0.25) is 4.79 Å². The van der Waals surface area contributed by atoms with E-state index in [9.17, 15) is 22.6 Å². The van der Waals surface area contributed by atoms with Crippen LogP contribution in [0.2, 0.25) is 0 Å². The Kier molecular flexibility index (Phi) is 8.14. The van der Waals surface area contributed by atoms with Gasteiger partial charge in [0.2, 0.25) is 0 Å². The number of carbonyl (C=O) groups is 2. The molecule has 0 aromatic heterocycles. The first-order chi connectivity index (χ1) is 10.6. The molecule has 0 N–H and O–H groups in total. The van der Waals surface area contributed by atoms with Crippen molar-refractivity contribution in [3.05, 3.63) is 31.1 Å². The number of carbonyl (C=O) groups excluding carboxylic acids is 2. The van der Waals surface area contributed by atoms with Gasteiger partial charge in [0, 0.05) is 13.4 Å². The Hall–Kier alpha value is -0.490. The predicted octanol–water partition coefficient (Wildman–Crippen LogP) is 2.61. The van der Waals surface area contributed by atoms with Gasteiger partial charge in [-0.15, -0.1) is 0 Å². The van der Waals surface area contributed by atoms with E-state index in [2.05, 4.69) is 52.5 Å². The van der Waals surface area contributed by atoms with Crippen LogP contribution in [0, 0.1) is 0 Å². The third kappa shape index (κ3) is 7.75. The van der Waals surface area contributed by atoms with Gasteiger partial charge < -0.3 is 14.0 Å². The van der Waals surface area contributed by atoms with Crippen molar-refractivity contribution in [1.82, 2.24) is 0 Å². The summed E-state index contributed by atoms with van der Waals surface area (Å²) in [6.45, 7) is -0.763. The van der Waals surface area contributed by atoms with E-state index < -0.39 is 34.4 Å². The van der Waals surface area contributed by atoms with Crippen molar-refractivity contribution in [3.63, 3.8) is 0 Å². The maximum absolute atomic E-state index is 11.9. The van der Waals surface area contributed by atoms with E-state index >= 15 is 0 Å². The maximum atomic E-state index is 11.9. The Balaban J connectivity index is 2.44. The van der Waals surface area contributed by atoms with Crippen LogP contribution in [0.3, 0.4) is 0 Å².